The van der Waals surface area contributed by atoms with Crippen LogP contribution in [-0.4, -0.2) is 16.5 Å². The molecule has 0 saturated carbocycles. The second-order valence-electron chi connectivity index (χ2n) is 5.30. The Balaban J connectivity index is 2.11. The Labute approximate surface area is 141 Å². The summed E-state index contributed by atoms with van der Waals surface area (Å²) in [5, 5.41) is 13.6. The van der Waals surface area contributed by atoms with E-state index >= 15 is 0 Å². The van der Waals surface area contributed by atoms with E-state index in [1.165, 1.54) is 18.2 Å². The molecule has 0 bridgehead atoms. The van der Waals surface area contributed by atoms with Crippen molar-refractivity contribution in [1.29, 1.82) is 0 Å². The van der Waals surface area contributed by atoms with Gasteiger partial charge in [0.05, 0.1) is 4.92 Å². The highest BCUT2D eigenvalue weighted by molar-refractivity contribution is 6.50. The van der Waals surface area contributed by atoms with Gasteiger partial charge in [-0.1, -0.05) is 29.8 Å². The van der Waals surface area contributed by atoms with Gasteiger partial charge in [-0.3, -0.25) is 19.7 Å². The highest BCUT2D eigenvalue weighted by atomic mass is 35.5. The fourth-order valence-corrected chi connectivity index (χ4v) is 2.78. The molecule has 0 unspecified atom stereocenters. The maximum Gasteiger partial charge on any atom is 0.281 e. The van der Waals surface area contributed by atoms with Crippen molar-refractivity contribution in [2.75, 3.05) is 5.32 Å². The standard InChI is InChI=1S/C17H11ClN2O4/c1-9-4-2-5-10(8-9)19-15-14(18)17(22)13-11(16(15)21)6-3-7-12(13)20(23)24/h2-8,19H,1H3. The summed E-state index contributed by atoms with van der Waals surface area (Å²) in [6.07, 6.45) is 0. The van der Waals surface area contributed by atoms with Crippen molar-refractivity contribution in [2.45, 2.75) is 6.92 Å². The van der Waals surface area contributed by atoms with E-state index in [9.17, 15) is 19.7 Å². The average Bonchev–Trinajstić information content (AvgIpc) is 2.56. The molecule has 1 aliphatic carbocycles. The van der Waals surface area contributed by atoms with E-state index < -0.39 is 22.2 Å². The van der Waals surface area contributed by atoms with E-state index in [-0.39, 0.29) is 21.9 Å². The number of hydrogen-bond donors (Lipinski definition) is 1. The van der Waals surface area contributed by atoms with Crippen molar-refractivity contribution >= 4 is 34.5 Å². The van der Waals surface area contributed by atoms with Gasteiger partial charge in [0.15, 0.2) is 0 Å². The molecule has 24 heavy (non-hydrogen) atoms. The Bertz CT molecular complexity index is 934. The van der Waals surface area contributed by atoms with Gasteiger partial charge in [-0.25, -0.2) is 0 Å². The molecule has 1 N–H and O–H groups in total. The zero-order valence-electron chi connectivity index (χ0n) is 12.5. The predicted octanol–water partition coefficient (Wildman–Crippen LogP) is 3.84. The average molecular weight is 343 g/mol. The molecule has 3 rings (SSSR count). The number of anilines is 1. The lowest BCUT2D eigenvalue weighted by atomic mass is 9.91. The van der Waals surface area contributed by atoms with Crippen LogP contribution in [0.4, 0.5) is 11.4 Å². The number of Topliss-reactive ketones (excluding diaryl/α,β-unsaturated/α-hetero) is 2. The Kier molecular flexibility index (Phi) is 3.91. The zero-order chi connectivity index (χ0) is 17.4. The lowest BCUT2D eigenvalue weighted by Gasteiger charge is -2.19. The summed E-state index contributed by atoms with van der Waals surface area (Å²) >= 11 is 6.05. The number of nitrogens with zero attached hydrogens (tertiary/aromatic N) is 1. The number of ketones is 2. The molecule has 0 aromatic heterocycles. The molecule has 120 valence electrons. The number of benzene rings is 2. The van der Waals surface area contributed by atoms with E-state index in [1.807, 2.05) is 13.0 Å². The lowest BCUT2D eigenvalue weighted by molar-refractivity contribution is -0.385. The minimum atomic E-state index is -0.742. The monoisotopic (exact) mass is 342 g/mol. The number of nitro groups is 1. The second kappa shape index (κ2) is 5.90. The highest BCUT2D eigenvalue weighted by Crippen LogP contribution is 2.34. The van der Waals surface area contributed by atoms with E-state index in [2.05, 4.69) is 5.32 Å². The summed E-state index contributed by atoms with van der Waals surface area (Å²) in [5.41, 5.74) is 0.737. The number of carbonyl (C=O) groups is 2. The second-order valence-corrected chi connectivity index (χ2v) is 5.68. The summed E-state index contributed by atoms with van der Waals surface area (Å²) < 4.78 is 0. The normalized spacial score (nSPS) is 13.8. The summed E-state index contributed by atoms with van der Waals surface area (Å²) in [6, 6.07) is 11.1. The maximum atomic E-state index is 12.7. The Hall–Kier alpha value is -2.99. The van der Waals surface area contributed by atoms with Gasteiger partial charge in [-0.05, 0) is 30.7 Å². The van der Waals surface area contributed by atoms with Crippen LogP contribution in [0.2, 0.25) is 0 Å². The third-order valence-electron chi connectivity index (χ3n) is 3.64. The summed E-state index contributed by atoms with van der Waals surface area (Å²) in [7, 11) is 0. The van der Waals surface area contributed by atoms with Crippen molar-refractivity contribution < 1.29 is 14.5 Å². The van der Waals surface area contributed by atoms with Crippen molar-refractivity contribution in [2.24, 2.45) is 0 Å². The van der Waals surface area contributed by atoms with Gasteiger partial charge in [-0.15, -0.1) is 0 Å². The van der Waals surface area contributed by atoms with E-state index in [1.54, 1.807) is 18.2 Å². The molecule has 7 heteroatoms. The lowest BCUT2D eigenvalue weighted by Crippen LogP contribution is -2.25. The van der Waals surface area contributed by atoms with Crippen LogP contribution >= 0.6 is 11.6 Å². The quantitative estimate of drug-likeness (QED) is 0.676. The van der Waals surface area contributed by atoms with E-state index in [4.69, 9.17) is 11.6 Å². The number of hydrogen-bond acceptors (Lipinski definition) is 5. The molecular formula is C17H11ClN2O4. The molecule has 0 aliphatic heterocycles. The number of nitrogens with one attached hydrogen (secondary N) is 1. The van der Waals surface area contributed by atoms with Crippen molar-refractivity contribution in [3.05, 3.63) is 80.0 Å². The number of aryl methyl sites for hydroxylation is 1. The molecule has 0 radical (unpaired) electrons. The molecular weight excluding hydrogens is 332 g/mol. The van der Waals surface area contributed by atoms with Gasteiger partial charge in [0.2, 0.25) is 11.6 Å². The van der Waals surface area contributed by atoms with Gasteiger partial charge < -0.3 is 5.32 Å². The van der Waals surface area contributed by atoms with Gasteiger partial charge in [0.1, 0.15) is 16.3 Å². The molecule has 1 aliphatic rings. The van der Waals surface area contributed by atoms with E-state index in [0.29, 0.717) is 5.69 Å². The van der Waals surface area contributed by atoms with Crippen LogP contribution in [0.1, 0.15) is 26.3 Å². The van der Waals surface area contributed by atoms with Crippen molar-refractivity contribution in [3.8, 4) is 0 Å². The Morgan fingerprint density at radius 1 is 1.08 bits per heavy atom. The fraction of sp³-hybridized carbons (Fsp3) is 0.0588. The molecule has 2 aromatic carbocycles. The molecule has 6 nitrogen and oxygen atoms in total. The first-order chi connectivity index (χ1) is 11.4. The van der Waals surface area contributed by atoms with Crippen LogP contribution in [0.5, 0.6) is 0 Å². The largest absolute Gasteiger partial charge is 0.351 e. The van der Waals surface area contributed by atoms with Crippen LogP contribution < -0.4 is 5.32 Å². The van der Waals surface area contributed by atoms with Gasteiger partial charge in [-0.2, -0.15) is 0 Å². The van der Waals surface area contributed by atoms with Crippen LogP contribution in [0, 0.1) is 17.0 Å². The van der Waals surface area contributed by atoms with Gasteiger partial charge in [0.25, 0.3) is 5.69 Å². The molecule has 0 saturated heterocycles. The van der Waals surface area contributed by atoms with E-state index in [0.717, 1.165) is 5.56 Å². The number of allylic oxidation sites excluding steroid dienone is 2. The number of fused-ring (bicyclic) bond motifs is 1. The number of halogens is 1. The first kappa shape index (κ1) is 15.9. The Morgan fingerprint density at radius 3 is 2.46 bits per heavy atom. The minimum Gasteiger partial charge on any atom is -0.351 e. The highest BCUT2D eigenvalue weighted by Gasteiger charge is 2.36. The van der Waals surface area contributed by atoms with Crippen LogP contribution in [-0.2, 0) is 0 Å². The summed E-state index contributed by atoms with van der Waals surface area (Å²) in [5.74, 6) is -1.30. The molecule has 0 spiro atoms. The molecule has 0 heterocycles. The third-order valence-corrected chi connectivity index (χ3v) is 4.00. The smallest absolute Gasteiger partial charge is 0.281 e. The molecule has 0 atom stereocenters. The number of rotatable bonds is 3. The van der Waals surface area contributed by atoms with Crippen LogP contribution in [0.25, 0.3) is 0 Å². The number of nitro benzene ring substituents is 1. The molecule has 2 aromatic rings. The predicted molar refractivity (Wildman–Crippen MR) is 89.4 cm³/mol. The summed E-state index contributed by atoms with van der Waals surface area (Å²) in [4.78, 5) is 35.5. The van der Waals surface area contributed by atoms with Gasteiger partial charge >= 0.3 is 0 Å². The van der Waals surface area contributed by atoms with Crippen molar-refractivity contribution in [1.82, 2.24) is 0 Å². The number of carbonyl (C=O) groups excluding carboxylic acids is 2. The zero-order valence-corrected chi connectivity index (χ0v) is 13.3. The summed E-state index contributed by atoms with van der Waals surface area (Å²) in [6.45, 7) is 1.88. The third kappa shape index (κ3) is 2.57. The van der Waals surface area contributed by atoms with Crippen LogP contribution in [0.3, 0.4) is 0 Å². The fourth-order valence-electron chi connectivity index (χ4n) is 2.56. The minimum absolute atomic E-state index is 0.0336. The maximum absolute atomic E-state index is 12.7. The first-order valence-corrected chi connectivity index (χ1v) is 7.38. The van der Waals surface area contributed by atoms with Crippen LogP contribution in [0.15, 0.2) is 53.2 Å². The first-order valence-electron chi connectivity index (χ1n) is 7.00. The Morgan fingerprint density at radius 2 is 1.79 bits per heavy atom. The molecule has 0 amide bonds. The topological polar surface area (TPSA) is 89.3 Å². The van der Waals surface area contributed by atoms with Gasteiger partial charge in [0, 0.05) is 17.3 Å². The SMILES string of the molecule is Cc1cccc(NC2=C(Cl)C(=O)c3c(cccc3[N+](=O)[O-])C2=O)c1. The van der Waals surface area contributed by atoms with Crippen molar-refractivity contribution in [3.63, 3.8) is 0 Å². The molecule has 0 fully saturated rings.